The Bertz CT molecular complexity index is 718. The standard InChI is InChI=1S/C28H38O/c1-3-5-6-7-22-29-28-20-14-25(15-21-28)9-8-24-12-18-27(19-13-24)26-16-10-23(4-2)11-17-26/h8-9,12-15,18-21,23,26H,3-7,10-11,16-17,22H2,1-2H3/t23-,26-. The van der Waals surface area contributed by atoms with Crippen LogP contribution < -0.4 is 4.74 Å². The predicted octanol–water partition coefficient (Wildman–Crippen LogP) is 8.50. The molecule has 1 saturated carbocycles. The van der Waals surface area contributed by atoms with Crippen molar-refractivity contribution in [2.45, 2.75) is 77.6 Å². The lowest BCUT2D eigenvalue weighted by Gasteiger charge is -2.28. The maximum atomic E-state index is 5.83. The monoisotopic (exact) mass is 390 g/mol. The Morgan fingerprint density at radius 3 is 1.97 bits per heavy atom. The first kappa shape index (κ1) is 21.7. The van der Waals surface area contributed by atoms with Gasteiger partial charge in [0.05, 0.1) is 6.61 Å². The van der Waals surface area contributed by atoms with Gasteiger partial charge in [0.25, 0.3) is 0 Å². The summed E-state index contributed by atoms with van der Waals surface area (Å²) in [6.07, 6.45) is 16.2. The summed E-state index contributed by atoms with van der Waals surface area (Å²) in [5, 5.41) is 0. The van der Waals surface area contributed by atoms with Crippen LogP contribution in [0.4, 0.5) is 0 Å². The molecule has 2 aromatic rings. The molecular formula is C28H38O. The van der Waals surface area contributed by atoms with Crippen molar-refractivity contribution in [3.8, 4) is 5.75 Å². The third kappa shape index (κ3) is 7.07. The highest BCUT2D eigenvalue weighted by Gasteiger charge is 2.20. The lowest BCUT2D eigenvalue weighted by Crippen LogP contribution is -2.12. The fourth-order valence-corrected chi connectivity index (χ4v) is 4.37. The molecule has 1 heteroatoms. The minimum atomic E-state index is 0.769. The van der Waals surface area contributed by atoms with Gasteiger partial charge >= 0.3 is 0 Å². The quantitative estimate of drug-likeness (QED) is 0.292. The van der Waals surface area contributed by atoms with Crippen LogP contribution in [-0.2, 0) is 0 Å². The Morgan fingerprint density at radius 1 is 0.759 bits per heavy atom. The van der Waals surface area contributed by atoms with Gasteiger partial charge in [-0.3, -0.25) is 0 Å². The van der Waals surface area contributed by atoms with E-state index in [-0.39, 0.29) is 0 Å². The highest BCUT2D eigenvalue weighted by molar-refractivity contribution is 5.69. The molecular weight excluding hydrogens is 352 g/mol. The van der Waals surface area contributed by atoms with E-state index in [4.69, 9.17) is 4.74 Å². The molecule has 156 valence electrons. The van der Waals surface area contributed by atoms with Crippen LogP contribution in [0.25, 0.3) is 12.2 Å². The Kier molecular flexibility index (Phi) is 8.86. The van der Waals surface area contributed by atoms with Crippen LogP contribution in [0.3, 0.4) is 0 Å². The summed E-state index contributed by atoms with van der Waals surface area (Å²) >= 11 is 0. The fourth-order valence-electron chi connectivity index (χ4n) is 4.37. The topological polar surface area (TPSA) is 9.23 Å². The van der Waals surface area contributed by atoms with Gasteiger partial charge in [-0.05, 0) is 72.8 Å². The summed E-state index contributed by atoms with van der Waals surface area (Å²) in [4.78, 5) is 0. The Balaban J connectivity index is 1.47. The molecule has 0 bridgehead atoms. The number of ether oxygens (including phenoxy) is 1. The van der Waals surface area contributed by atoms with Crippen molar-refractivity contribution in [1.29, 1.82) is 0 Å². The molecule has 0 radical (unpaired) electrons. The lowest BCUT2D eigenvalue weighted by atomic mass is 9.78. The Morgan fingerprint density at radius 2 is 1.38 bits per heavy atom. The van der Waals surface area contributed by atoms with E-state index in [1.807, 2.05) is 0 Å². The van der Waals surface area contributed by atoms with E-state index in [0.717, 1.165) is 30.6 Å². The van der Waals surface area contributed by atoms with Crippen molar-refractivity contribution in [2.24, 2.45) is 5.92 Å². The van der Waals surface area contributed by atoms with Gasteiger partial charge in [-0.1, -0.05) is 88.1 Å². The summed E-state index contributed by atoms with van der Waals surface area (Å²) < 4.78 is 5.83. The van der Waals surface area contributed by atoms with Gasteiger partial charge in [0.2, 0.25) is 0 Å². The molecule has 0 spiro atoms. The van der Waals surface area contributed by atoms with Gasteiger partial charge < -0.3 is 4.74 Å². The molecule has 0 aliphatic heterocycles. The van der Waals surface area contributed by atoms with Crippen LogP contribution in [-0.4, -0.2) is 6.61 Å². The van der Waals surface area contributed by atoms with Crippen molar-refractivity contribution in [3.05, 3.63) is 65.2 Å². The minimum absolute atomic E-state index is 0.769. The van der Waals surface area contributed by atoms with Crippen molar-refractivity contribution >= 4 is 12.2 Å². The Hall–Kier alpha value is -2.02. The smallest absolute Gasteiger partial charge is 0.119 e. The molecule has 2 aromatic carbocycles. The van der Waals surface area contributed by atoms with Gasteiger partial charge in [0.1, 0.15) is 5.75 Å². The molecule has 1 aliphatic rings. The zero-order valence-corrected chi connectivity index (χ0v) is 18.4. The molecule has 0 amide bonds. The molecule has 0 saturated heterocycles. The van der Waals surface area contributed by atoms with Crippen LogP contribution in [0.15, 0.2) is 48.5 Å². The SMILES string of the molecule is CCCCCCOc1ccc(C=Cc2ccc([C@H]3CC[C@H](CC)CC3)cc2)cc1. The van der Waals surface area contributed by atoms with Crippen molar-refractivity contribution in [2.75, 3.05) is 6.61 Å². The van der Waals surface area contributed by atoms with Crippen LogP contribution >= 0.6 is 0 Å². The van der Waals surface area contributed by atoms with E-state index in [9.17, 15) is 0 Å². The minimum Gasteiger partial charge on any atom is -0.494 e. The molecule has 0 atom stereocenters. The maximum absolute atomic E-state index is 5.83. The van der Waals surface area contributed by atoms with E-state index in [1.54, 1.807) is 0 Å². The number of rotatable bonds is 10. The largest absolute Gasteiger partial charge is 0.494 e. The van der Waals surface area contributed by atoms with Crippen LogP contribution in [0.2, 0.25) is 0 Å². The van der Waals surface area contributed by atoms with E-state index >= 15 is 0 Å². The first-order valence-corrected chi connectivity index (χ1v) is 11.8. The third-order valence-electron chi connectivity index (χ3n) is 6.45. The fraction of sp³-hybridized carbons (Fsp3) is 0.500. The van der Waals surface area contributed by atoms with Crippen molar-refractivity contribution in [1.82, 2.24) is 0 Å². The van der Waals surface area contributed by atoms with Crippen LogP contribution in [0, 0.1) is 5.92 Å². The summed E-state index contributed by atoms with van der Waals surface area (Å²) in [5.74, 6) is 2.71. The summed E-state index contributed by atoms with van der Waals surface area (Å²) in [7, 11) is 0. The summed E-state index contributed by atoms with van der Waals surface area (Å²) in [6, 6.07) is 17.6. The maximum Gasteiger partial charge on any atom is 0.119 e. The molecule has 1 aliphatic carbocycles. The van der Waals surface area contributed by atoms with Gasteiger partial charge in [-0.2, -0.15) is 0 Å². The molecule has 1 nitrogen and oxygen atoms in total. The van der Waals surface area contributed by atoms with E-state index < -0.39 is 0 Å². The highest BCUT2D eigenvalue weighted by atomic mass is 16.5. The third-order valence-corrected chi connectivity index (χ3v) is 6.45. The van der Waals surface area contributed by atoms with Gasteiger partial charge in [-0.15, -0.1) is 0 Å². The lowest BCUT2D eigenvalue weighted by molar-refractivity contribution is 0.305. The van der Waals surface area contributed by atoms with Crippen molar-refractivity contribution < 1.29 is 4.74 Å². The molecule has 0 heterocycles. The van der Waals surface area contributed by atoms with E-state index in [1.165, 1.54) is 68.1 Å². The average molecular weight is 391 g/mol. The molecule has 1 fully saturated rings. The summed E-state index contributed by atoms with van der Waals surface area (Å²) in [5.41, 5.74) is 4.01. The second kappa shape index (κ2) is 11.9. The molecule has 29 heavy (non-hydrogen) atoms. The second-order valence-electron chi connectivity index (χ2n) is 8.60. The second-order valence-corrected chi connectivity index (χ2v) is 8.60. The first-order valence-electron chi connectivity index (χ1n) is 11.8. The average Bonchev–Trinajstić information content (AvgIpc) is 2.79. The zero-order chi connectivity index (χ0) is 20.3. The first-order chi connectivity index (χ1) is 14.3. The molecule has 0 N–H and O–H groups in total. The Labute approximate surface area is 178 Å². The van der Waals surface area contributed by atoms with Gasteiger partial charge in [0.15, 0.2) is 0 Å². The normalized spacial score (nSPS) is 19.5. The van der Waals surface area contributed by atoms with Gasteiger partial charge in [-0.25, -0.2) is 0 Å². The zero-order valence-electron chi connectivity index (χ0n) is 18.4. The number of hydrogen-bond donors (Lipinski definition) is 0. The summed E-state index contributed by atoms with van der Waals surface area (Å²) in [6.45, 7) is 5.39. The van der Waals surface area contributed by atoms with Crippen LogP contribution in [0.5, 0.6) is 5.75 Å². The molecule has 0 unspecified atom stereocenters. The van der Waals surface area contributed by atoms with E-state index in [2.05, 4.69) is 74.5 Å². The molecule has 3 rings (SSSR count). The van der Waals surface area contributed by atoms with E-state index in [0.29, 0.717) is 0 Å². The number of unbranched alkanes of at least 4 members (excludes halogenated alkanes) is 3. The van der Waals surface area contributed by atoms with Crippen molar-refractivity contribution in [3.63, 3.8) is 0 Å². The number of benzene rings is 2. The predicted molar refractivity (Wildman–Crippen MR) is 126 cm³/mol. The highest BCUT2D eigenvalue weighted by Crippen LogP contribution is 2.37. The molecule has 0 aromatic heterocycles. The number of hydrogen-bond acceptors (Lipinski definition) is 1. The van der Waals surface area contributed by atoms with Gasteiger partial charge in [0, 0.05) is 0 Å². The van der Waals surface area contributed by atoms with Crippen LogP contribution in [0.1, 0.15) is 94.2 Å².